The Morgan fingerprint density at radius 3 is 2.63 bits per heavy atom. The number of fused-ring (bicyclic) bond motifs is 2. The summed E-state index contributed by atoms with van der Waals surface area (Å²) in [6.45, 7) is 3.93. The third-order valence-electron chi connectivity index (χ3n) is 4.44. The Balaban J connectivity index is 1.74. The lowest BCUT2D eigenvalue weighted by Gasteiger charge is -2.04. The van der Waals surface area contributed by atoms with Gasteiger partial charge in [-0.25, -0.2) is 15.0 Å². The highest BCUT2D eigenvalue weighted by Gasteiger charge is 2.19. The van der Waals surface area contributed by atoms with Crippen LogP contribution in [0.15, 0.2) is 41.3 Å². The van der Waals surface area contributed by atoms with E-state index in [4.69, 9.17) is 9.47 Å². The number of aromatic nitrogens is 5. The summed E-state index contributed by atoms with van der Waals surface area (Å²) in [5.74, 6) is 1.65. The number of hydrogen-bond donors (Lipinski definition) is 1. The molecule has 1 N–H and O–H groups in total. The van der Waals surface area contributed by atoms with Gasteiger partial charge in [-0.3, -0.25) is 9.89 Å². The van der Waals surface area contributed by atoms with E-state index in [0.717, 1.165) is 22.5 Å². The van der Waals surface area contributed by atoms with E-state index in [1.165, 1.54) is 4.68 Å². The number of aryl methyl sites for hydroxylation is 2. The molecule has 4 heterocycles. The highest BCUT2D eigenvalue weighted by Crippen LogP contribution is 2.37. The van der Waals surface area contributed by atoms with Gasteiger partial charge in [-0.2, -0.15) is 4.68 Å². The average molecular weight is 361 g/mol. The second-order valence-electron chi connectivity index (χ2n) is 6.35. The first-order valence-electron chi connectivity index (χ1n) is 8.42. The Labute approximate surface area is 153 Å². The summed E-state index contributed by atoms with van der Waals surface area (Å²) in [4.78, 5) is 26.2. The number of aromatic amines is 1. The molecule has 8 heteroatoms. The van der Waals surface area contributed by atoms with Gasteiger partial charge < -0.3 is 9.47 Å². The molecule has 8 nitrogen and oxygen atoms in total. The molecule has 0 spiro atoms. The maximum absolute atomic E-state index is 13.1. The summed E-state index contributed by atoms with van der Waals surface area (Å²) in [6.07, 6.45) is 1.66. The Morgan fingerprint density at radius 2 is 1.81 bits per heavy atom. The largest absolute Gasteiger partial charge is 0.454 e. The van der Waals surface area contributed by atoms with E-state index in [2.05, 4.69) is 20.1 Å². The maximum atomic E-state index is 13.1. The van der Waals surface area contributed by atoms with E-state index in [9.17, 15) is 4.79 Å². The van der Waals surface area contributed by atoms with Gasteiger partial charge in [0.2, 0.25) is 6.79 Å². The van der Waals surface area contributed by atoms with E-state index in [-0.39, 0.29) is 12.4 Å². The fourth-order valence-corrected chi connectivity index (χ4v) is 3.28. The van der Waals surface area contributed by atoms with Crippen molar-refractivity contribution in [1.82, 2.24) is 24.7 Å². The predicted octanol–water partition coefficient (Wildman–Crippen LogP) is 2.52. The second kappa shape index (κ2) is 5.66. The molecule has 0 aliphatic carbocycles. The monoisotopic (exact) mass is 361 g/mol. The lowest BCUT2D eigenvalue weighted by molar-refractivity contribution is 0.174. The maximum Gasteiger partial charge on any atom is 0.284 e. The van der Waals surface area contributed by atoms with E-state index in [0.29, 0.717) is 28.5 Å². The van der Waals surface area contributed by atoms with Crippen LogP contribution in [-0.4, -0.2) is 31.5 Å². The molecule has 4 aromatic rings. The van der Waals surface area contributed by atoms with E-state index < -0.39 is 0 Å². The van der Waals surface area contributed by atoms with Crippen LogP contribution in [-0.2, 0) is 0 Å². The van der Waals surface area contributed by atoms with E-state index in [1.807, 2.05) is 44.2 Å². The lowest BCUT2D eigenvalue weighted by atomic mass is 10.0. The molecule has 0 fully saturated rings. The van der Waals surface area contributed by atoms with Crippen molar-refractivity contribution in [3.8, 4) is 28.6 Å². The van der Waals surface area contributed by atoms with Crippen molar-refractivity contribution < 1.29 is 9.47 Å². The average Bonchev–Trinajstić information content (AvgIpc) is 3.24. The van der Waals surface area contributed by atoms with Gasteiger partial charge in [0.15, 0.2) is 17.1 Å². The van der Waals surface area contributed by atoms with Crippen LogP contribution in [0, 0.1) is 13.8 Å². The lowest BCUT2D eigenvalue weighted by Crippen LogP contribution is -2.18. The van der Waals surface area contributed by atoms with E-state index in [1.54, 1.807) is 6.20 Å². The third kappa shape index (κ3) is 2.45. The molecule has 3 aromatic heterocycles. The van der Waals surface area contributed by atoms with Crippen molar-refractivity contribution >= 4 is 11.0 Å². The Kier molecular flexibility index (Phi) is 3.27. The number of hydrogen-bond acceptors (Lipinski definition) is 6. The summed E-state index contributed by atoms with van der Waals surface area (Å²) >= 11 is 0. The van der Waals surface area contributed by atoms with Gasteiger partial charge in [-0.05, 0) is 49.2 Å². The molecule has 1 aliphatic heterocycles. The fraction of sp³-hybridized carbons (Fsp3) is 0.158. The molecule has 0 atom stereocenters. The van der Waals surface area contributed by atoms with Gasteiger partial charge in [-0.1, -0.05) is 6.07 Å². The van der Waals surface area contributed by atoms with Crippen LogP contribution in [0.25, 0.3) is 28.1 Å². The van der Waals surface area contributed by atoms with Crippen molar-refractivity contribution in [1.29, 1.82) is 0 Å². The molecular weight excluding hydrogens is 346 g/mol. The van der Waals surface area contributed by atoms with Crippen molar-refractivity contribution in [2.24, 2.45) is 0 Å². The smallest absolute Gasteiger partial charge is 0.284 e. The fourth-order valence-electron chi connectivity index (χ4n) is 3.28. The van der Waals surface area contributed by atoms with Crippen LogP contribution >= 0.6 is 0 Å². The van der Waals surface area contributed by atoms with Crippen molar-refractivity contribution in [3.05, 3.63) is 58.3 Å². The number of pyridine rings is 1. The van der Waals surface area contributed by atoms with Crippen molar-refractivity contribution in [2.75, 3.05) is 6.79 Å². The first kappa shape index (κ1) is 15.6. The van der Waals surface area contributed by atoms with Crippen LogP contribution in [0.5, 0.6) is 11.5 Å². The zero-order valence-electron chi connectivity index (χ0n) is 14.7. The number of benzene rings is 1. The van der Waals surface area contributed by atoms with Crippen LogP contribution in [0.3, 0.4) is 0 Å². The minimum atomic E-state index is -0.254. The van der Waals surface area contributed by atoms with Gasteiger partial charge in [0.05, 0.1) is 5.39 Å². The number of rotatable bonds is 2. The third-order valence-corrected chi connectivity index (χ3v) is 4.44. The molecule has 0 saturated heterocycles. The SMILES string of the molecule is Cc1cc(C)nc(-n2[nH]c3nccc(-c4ccc5c(c4)OCO5)c3c2=O)n1. The van der Waals surface area contributed by atoms with Crippen LogP contribution in [0.1, 0.15) is 11.4 Å². The first-order valence-corrected chi connectivity index (χ1v) is 8.42. The number of nitrogens with one attached hydrogen (secondary N) is 1. The second-order valence-corrected chi connectivity index (χ2v) is 6.35. The minimum absolute atomic E-state index is 0.200. The molecule has 0 saturated carbocycles. The Morgan fingerprint density at radius 1 is 1.04 bits per heavy atom. The van der Waals surface area contributed by atoms with Gasteiger partial charge >= 0.3 is 0 Å². The van der Waals surface area contributed by atoms with Crippen LogP contribution in [0.4, 0.5) is 0 Å². The summed E-state index contributed by atoms with van der Waals surface area (Å²) in [5, 5.41) is 3.48. The Hall–Kier alpha value is -3.68. The van der Waals surface area contributed by atoms with Gasteiger partial charge in [-0.15, -0.1) is 0 Å². The molecule has 0 radical (unpaired) electrons. The predicted molar refractivity (Wildman–Crippen MR) is 98.3 cm³/mol. The highest BCUT2D eigenvalue weighted by molar-refractivity contribution is 5.92. The number of nitrogens with zero attached hydrogens (tertiary/aromatic N) is 4. The van der Waals surface area contributed by atoms with Crippen molar-refractivity contribution in [2.45, 2.75) is 13.8 Å². The zero-order valence-corrected chi connectivity index (χ0v) is 14.7. The molecular formula is C19H15N5O3. The highest BCUT2D eigenvalue weighted by atomic mass is 16.7. The molecule has 5 rings (SSSR count). The molecule has 0 bridgehead atoms. The summed E-state index contributed by atoms with van der Waals surface area (Å²) < 4.78 is 12.1. The molecule has 134 valence electrons. The zero-order chi connectivity index (χ0) is 18.5. The number of H-pyrrole nitrogens is 1. The Bertz CT molecular complexity index is 1240. The number of ether oxygens (including phenoxy) is 2. The molecule has 1 aliphatic rings. The van der Waals surface area contributed by atoms with Gasteiger partial charge in [0.25, 0.3) is 11.5 Å². The summed E-state index contributed by atoms with van der Waals surface area (Å²) in [7, 11) is 0. The first-order chi connectivity index (χ1) is 13.1. The summed E-state index contributed by atoms with van der Waals surface area (Å²) in [5.41, 5.74) is 3.38. The molecule has 1 aromatic carbocycles. The summed E-state index contributed by atoms with van der Waals surface area (Å²) in [6, 6.07) is 9.25. The topological polar surface area (TPSA) is 94.9 Å². The minimum Gasteiger partial charge on any atom is -0.454 e. The molecule has 0 unspecified atom stereocenters. The van der Waals surface area contributed by atoms with E-state index >= 15 is 0 Å². The van der Waals surface area contributed by atoms with Crippen LogP contribution in [0.2, 0.25) is 0 Å². The standard InChI is InChI=1S/C19H15N5O3/c1-10-7-11(2)22-19(21-10)24-18(25)16-13(5-6-20-17(16)23-24)12-3-4-14-15(8-12)27-9-26-14/h3-8H,9H2,1-2H3,(H,20,23). The quantitative estimate of drug-likeness (QED) is 0.589. The van der Waals surface area contributed by atoms with Gasteiger partial charge in [0.1, 0.15) is 0 Å². The van der Waals surface area contributed by atoms with Gasteiger partial charge in [0, 0.05) is 17.6 Å². The van der Waals surface area contributed by atoms with Crippen LogP contribution < -0.4 is 15.0 Å². The normalized spacial score (nSPS) is 12.7. The van der Waals surface area contributed by atoms with Crippen molar-refractivity contribution in [3.63, 3.8) is 0 Å². The molecule has 0 amide bonds. The molecule has 27 heavy (non-hydrogen) atoms.